The molecule has 0 unspecified atom stereocenters. The first kappa shape index (κ1) is 15.6. The molecule has 0 aliphatic carbocycles. The predicted octanol–water partition coefficient (Wildman–Crippen LogP) is 2.84. The Morgan fingerprint density at radius 3 is 2.50 bits per heavy atom. The van der Waals surface area contributed by atoms with Crippen molar-refractivity contribution < 1.29 is 4.79 Å². The fraction of sp³-hybridized carbons (Fsp3) is 0.938. The molecule has 2 amide bonds. The second kappa shape index (κ2) is 8.50. The van der Waals surface area contributed by atoms with E-state index in [1.54, 1.807) is 0 Å². The van der Waals surface area contributed by atoms with Gasteiger partial charge in [0.25, 0.3) is 0 Å². The average Bonchev–Trinajstić information content (AvgIpc) is 2.85. The van der Waals surface area contributed by atoms with Gasteiger partial charge >= 0.3 is 6.03 Å². The summed E-state index contributed by atoms with van der Waals surface area (Å²) in [6.45, 7) is 7.22. The number of amides is 2. The van der Waals surface area contributed by atoms with E-state index in [1.165, 1.54) is 38.5 Å². The molecular formula is C16H31N3O. The summed E-state index contributed by atoms with van der Waals surface area (Å²) in [7, 11) is 0. The highest BCUT2D eigenvalue weighted by molar-refractivity contribution is 5.76. The lowest BCUT2D eigenvalue weighted by molar-refractivity contribution is 0.165. The van der Waals surface area contributed by atoms with E-state index in [0.717, 1.165) is 45.6 Å². The van der Waals surface area contributed by atoms with Gasteiger partial charge in [-0.2, -0.15) is 0 Å². The van der Waals surface area contributed by atoms with Gasteiger partial charge in [0, 0.05) is 25.7 Å². The van der Waals surface area contributed by atoms with Crippen molar-refractivity contribution in [2.24, 2.45) is 0 Å². The van der Waals surface area contributed by atoms with Crippen molar-refractivity contribution >= 4 is 6.03 Å². The van der Waals surface area contributed by atoms with Gasteiger partial charge in [-0.15, -0.1) is 0 Å². The molecule has 0 radical (unpaired) electrons. The Labute approximate surface area is 123 Å². The molecule has 2 saturated heterocycles. The lowest BCUT2D eigenvalue weighted by Gasteiger charge is -2.31. The molecule has 0 aromatic carbocycles. The number of hydrogen-bond donors (Lipinski definition) is 1. The number of carbonyl (C=O) groups is 1. The molecule has 20 heavy (non-hydrogen) atoms. The summed E-state index contributed by atoms with van der Waals surface area (Å²) < 4.78 is 0. The maximum Gasteiger partial charge on any atom is 0.320 e. The molecule has 0 bridgehead atoms. The summed E-state index contributed by atoms with van der Waals surface area (Å²) in [5.41, 5.74) is 0. The van der Waals surface area contributed by atoms with Crippen molar-refractivity contribution in [3.05, 3.63) is 0 Å². The van der Waals surface area contributed by atoms with Gasteiger partial charge in [-0.1, -0.05) is 39.0 Å². The number of unbranched alkanes of at least 4 members (excludes halogenated alkanes) is 5. The summed E-state index contributed by atoms with van der Waals surface area (Å²) >= 11 is 0. The Bertz CT molecular complexity index is 289. The molecule has 2 rings (SSSR count). The maximum absolute atomic E-state index is 12.4. The minimum atomic E-state index is 0.297. The molecule has 2 fully saturated rings. The standard InChI is InChI=1S/C16H31N3O/c1-2-3-4-5-6-7-12-18-13-14-19(16(18)20)15-8-10-17-11-9-15/h15,17H,2-14H2,1H3. The Morgan fingerprint density at radius 1 is 1.05 bits per heavy atom. The summed E-state index contributed by atoms with van der Waals surface area (Å²) in [5.74, 6) is 0. The third-order valence-corrected chi connectivity index (χ3v) is 4.66. The number of piperidine rings is 1. The molecule has 2 aliphatic rings. The Morgan fingerprint density at radius 2 is 1.75 bits per heavy atom. The van der Waals surface area contributed by atoms with E-state index in [-0.39, 0.29) is 0 Å². The highest BCUT2D eigenvalue weighted by atomic mass is 16.2. The van der Waals surface area contributed by atoms with Crippen LogP contribution in [0.15, 0.2) is 0 Å². The predicted molar refractivity (Wildman–Crippen MR) is 82.9 cm³/mol. The van der Waals surface area contributed by atoms with Crippen molar-refractivity contribution in [3.63, 3.8) is 0 Å². The zero-order valence-electron chi connectivity index (χ0n) is 13.1. The molecule has 0 aromatic rings. The lowest BCUT2D eigenvalue weighted by Crippen LogP contribution is -2.45. The topological polar surface area (TPSA) is 35.6 Å². The Kier molecular flexibility index (Phi) is 6.64. The van der Waals surface area contributed by atoms with Gasteiger partial charge in [-0.3, -0.25) is 0 Å². The number of carbonyl (C=O) groups excluding carboxylic acids is 1. The van der Waals surface area contributed by atoms with Gasteiger partial charge < -0.3 is 15.1 Å². The van der Waals surface area contributed by atoms with Crippen molar-refractivity contribution in [2.75, 3.05) is 32.7 Å². The van der Waals surface area contributed by atoms with Crippen LogP contribution >= 0.6 is 0 Å². The number of rotatable bonds is 8. The molecule has 0 saturated carbocycles. The lowest BCUT2D eigenvalue weighted by atomic mass is 10.1. The smallest absolute Gasteiger partial charge is 0.320 e. The first-order chi connectivity index (χ1) is 9.83. The van der Waals surface area contributed by atoms with Crippen molar-refractivity contribution in [3.8, 4) is 0 Å². The van der Waals surface area contributed by atoms with E-state index < -0.39 is 0 Å². The van der Waals surface area contributed by atoms with Crippen LogP contribution in [0.2, 0.25) is 0 Å². The monoisotopic (exact) mass is 281 g/mol. The fourth-order valence-corrected chi connectivity index (χ4v) is 3.35. The van der Waals surface area contributed by atoms with Crippen LogP contribution in [0.25, 0.3) is 0 Å². The van der Waals surface area contributed by atoms with E-state index in [9.17, 15) is 4.79 Å². The van der Waals surface area contributed by atoms with E-state index >= 15 is 0 Å². The fourth-order valence-electron chi connectivity index (χ4n) is 3.35. The molecule has 0 atom stereocenters. The molecular weight excluding hydrogens is 250 g/mol. The Balaban J connectivity index is 1.63. The van der Waals surface area contributed by atoms with Gasteiger partial charge in [-0.05, 0) is 32.4 Å². The quantitative estimate of drug-likeness (QED) is 0.694. The van der Waals surface area contributed by atoms with E-state index in [1.807, 2.05) is 0 Å². The van der Waals surface area contributed by atoms with Crippen LogP contribution < -0.4 is 5.32 Å². The second-order valence-electron chi connectivity index (χ2n) is 6.21. The summed E-state index contributed by atoms with van der Waals surface area (Å²) in [5, 5.41) is 3.37. The first-order valence-corrected chi connectivity index (χ1v) is 8.59. The van der Waals surface area contributed by atoms with E-state index in [2.05, 4.69) is 22.0 Å². The molecule has 0 aromatic heterocycles. The molecule has 4 nitrogen and oxygen atoms in total. The number of urea groups is 1. The SMILES string of the molecule is CCCCCCCCN1CCN(C2CCNCC2)C1=O. The van der Waals surface area contributed by atoms with Gasteiger partial charge in [0.1, 0.15) is 0 Å². The number of hydrogen-bond acceptors (Lipinski definition) is 2. The van der Waals surface area contributed by atoms with Gasteiger partial charge in [-0.25, -0.2) is 4.79 Å². The largest absolute Gasteiger partial charge is 0.323 e. The van der Waals surface area contributed by atoms with Crippen LogP contribution in [0, 0.1) is 0 Å². The molecule has 116 valence electrons. The third kappa shape index (κ3) is 4.37. The third-order valence-electron chi connectivity index (χ3n) is 4.66. The molecule has 2 heterocycles. The van der Waals surface area contributed by atoms with Crippen LogP contribution in [0.1, 0.15) is 58.3 Å². The zero-order valence-corrected chi connectivity index (χ0v) is 13.1. The van der Waals surface area contributed by atoms with Crippen molar-refractivity contribution in [1.82, 2.24) is 15.1 Å². The molecule has 0 spiro atoms. The maximum atomic E-state index is 12.4. The minimum Gasteiger partial charge on any atom is -0.323 e. The highest BCUT2D eigenvalue weighted by Gasteiger charge is 2.33. The normalized spacial score (nSPS) is 20.9. The molecule has 1 N–H and O–H groups in total. The second-order valence-corrected chi connectivity index (χ2v) is 6.21. The summed E-state index contributed by atoms with van der Waals surface area (Å²) in [6, 6.07) is 0.781. The van der Waals surface area contributed by atoms with E-state index in [0.29, 0.717) is 12.1 Å². The van der Waals surface area contributed by atoms with Crippen LogP contribution in [-0.4, -0.2) is 54.6 Å². The van der Waals surface area contributed by atoms with Crippen molar-refractivity contribution in [1.29, 1.82) is 0 Å². The number of nitrogens with one attached hydrogen (secondary N) is 1. The van der Waals surface area contributed by atoms with Crippen LogP contribution in [0.5, 0.6) is 0 Å². The summed E-state index contributed by atoms with van der Waals surface area (Å²) in [4.78, 5) is 16.6. The molecule has 4 heteroatoms. The highest BCUT2D eigenvalue weighted by Crippen LogP contribution is 2.19. The average molecular weight is 281 g/mol. The van der Waals surface area contributed by atoms with Gasteiger partial charge in [0.2, 0.25) is 0 Å². The first-order valence-electron chi connectivity index (χ1n) is 8.59. The summed E-state index contributed by atoms with van der Waals surface area (Å²) in [6.07, 6.45) is 10.0. The van der Waals surface area contributed by atoms with E-state index in [4.69, 9.17) is 0 Å². The minimum absolute atomic E-state index is 0.297. The molecule has 2 aliphatic heterocycles. The van der Waals surface area contributed by atoms with Gasteiger partial charge in [0.15, 0.2) is 0 Å². The zero-order chi connectivity index (χ0) is 14.2. The Hall–Kier alpha value is -0.770. The van der Waals surface area contributed by atoms with Crippen LogP contribution in [0.4, 0.5) is 4.79 Å². The van der Waals surface area contributed by atoms with Gasteiger partial charge in [0.05, 0.1) is 0 Å². The van der Waals surface area contributed by atoms with Crippen LogP contribution in [-0.2, 0) is 0 Å². The van der Waals surface area contributed by atoms with Crippen LogP contribution in [0.3, 0.4) is 0 Å². The number of nitrogens with zero attached hydrogens (tertiary/aromatic N) is 2. The van der Waals surface area contributed by atoms with Crippen molar-refractivity contribution in [2.45, 2.75) is 64.3 Å².